The molecule has 5 nitrogen and oxygen atoms in total. The Labute approximate surface area is 155 Å². The second-order valence-corrected chi connectivity index (χ2v) is 6.95. The lowest BCUT2D eigenvalue weighted by Crippen LogP contribution is -2.31. The van der Waals surface area contributed by atoms with Crippen LogP contribution in [-0.4, -0.2) is 34.6 Å². The van der Waals surface area contributed by atoms with E-state index in [1.165, 1.54) is 6.07 Å². The van der Waals surface area contributed by atoms with E-state index >= 15 is 0 Å². The van der Waals surface area contributed by atoms with Crippen molar-refractivity contribution < 1.29 is 9.53 Å². The molecule has 3 rings (SSSR count). The molecule has 0 aliphatic carbocycles. The highest BCUT2D eigenvalue weighted by molar-refractivity contribution is 6.42. The predicted octanol–water partition coefficient (Wildman–Crippen LogP) is 3.29. The quantitative estimate of drug-likeness (QED) is 0.820. The molecule has 0 bridgehead atoms. The number of hydrogen-bond donors (Lipinski definition) is 0. The Morgan fingerprint density at radius 2 is 1.96 bits per heavy atom. The lowest BCUT2D eigenvalue weighted by molar-refractivity contribution is 0.0772. The van der Waals surface area contributed by atoms with Crippen LogP contribution in [0.25, 0.3) is 0 Å². The molecule has 2 aromatic rings. The molecule has 1 unspecified atom stereocenters. The third kappa shape index (κ3) is 3.83. The van der Waals surface area contributed by atoms with Gasteiger partial charge in [0.25, 0.3) is 11.5 Å². The summed E-state index contributed by atoms with van der Waals surface area (Å²) in [5, 5.41) is 0.775. The zero-order valence-corrected chi connectivity index (χ0v) is 15.5. The van der Waals surface area contributed by atoms with Gasteiger partial charge in [-0.2, -0.15) is 0 Å². The molecule has 25 heavy (non-hydrogen) atoms. The van der Waals surface area contributed by atoms with Crippen LogP contribution in [0.5, 0.6) is 5.75 Å². The van der Waals surface area contributed by atoms with Gasteiger partial charge in [0, 0.05) is 37.3 Å². The maximum absolute atomic E-state index is 12.6. The van der Waals surface area contributed by atoms with Crippen LogP contribution in [0.4, 0.5) is 0 Å². The van der Waals surface area contributed by atoms with Gasteiger partial charge in [0.05, 0.1) is 16.6 Å². The van der Waals surface area contributed by atoms with Gasteiger partial charge in [-0.3, -0.25) is 9.59 Å². The number of pyridine rings is 1. The molecule has 2 heterocycles. The monoisotopic (exact) mass is 380 g/mol. The number of benzene rings is 1. The summed E-state index contributed by atoms with van der Waals surface area (Å²) >= 11 is 11.9. The molecule has 0 radical (unpaired) electrons. The SMILES string of the molecule is Cc1cc(OC2CCN(C(=O)c3ccc(Cl)c(Cl)c3)C2)cc(=O)n1C. The van der Waals surface area contributed by atoms with Crippen LogP contribution in [-0.2, 0) is 7.05 Å². The van der Waals surface area contributed by atoms with Gasteiger partial charge in [-0.15, -0.1) is 0 Å². The summed E-state index contributed by atoms with van der Waals surface area (Å²) in [7, 11) is 1.72. The van der Waals surface area contributed by atoms with Crippen LogP contribution in [0.15, 0.2) is 35.1 Å². The summed E-state index contributed by atoms with van der Waals surface area (Å²) in [6.45, 7) is 2.91. The van der Waals surface area contributed by atoms with Gasteiger partial charge in [-0.1, -0.05) is 23.2 Å². The van der Waals surface area contributed by atoms with E-state index in [4.69, 9.17) is 27.9 Å². The second kappa shape index (κ2) is 7.10. The van der Waals surface area contributed by atoms with Crippen LogP contribution in [0.1, 0.15) is 22.5 Å². The molecule has 1 fully saturated rings. The number of carbonyl (C=O) groups excluding carboxylic acids is 1. The fourth-order valence-corrected chi connectivity index (χ4v) is 3.12. The summed E-state index contributed by atoms with van der Waals surface area (Å²) in [6, 6.07) is 8.14. The molecule has 1 amide bonds. The standard InChI is InChI=1S/C18H18Cl2N2O3/c1-11-7-14(9-17(23)21(11)2)25-13-5-6-22(10-13)18(24)12-3-4-15(19)16(20)8-12/h3-4,7-9,13H,5-6,10H2,1-2H3. The van der Waals surface area contributed by atoms with Gasteiger partial charge < -0.3 is 14.2 Å². The van der Waals surface area contributed by atoms with Gasteiger partial charge in [0.1, 0.15) is 11.9 Å². The van der Waals surface area contributed by atoms with Crippen molar-refractivity contribution in [3.05, 3.63) is 62.0 Å². The van der Waals surface area contributed by atoms with Crippen molar-refractivity contribution in [1.29, 1.82) is 0 Å². The molecule has 1 aliphatic rings. The Bertz CT molecular complexity index is 879. The minimum Gasteiger partial charge on any atom is -0.488 e. The number of ether oxygens (including phenoxy) is 1. The number of aryl methyl sites for hydroxylation is 1. The van der Waals surface area contributed by atoms with Crippen molar-refractivity contribution in [3.63, 3.8) is 0 Å². The predicted molar refractivity (Wildman–Crippen MR) is 97.8 cm³/mol. The van der Waals surface area contributed by atoms with Gasteiger partial charge in [-0.25, -0.2) is 0 Å². The number of amides is 1. The molecular weight excluding hydrogens is 363 g/mol. The maximum atomic E-state index is 12.6. The fourth-order valence-electron chi connectivity index (χ4n) is 2.82. The fraction of sp³-hybridized carbons (Fsp3) is 0.333. The lowest BCUT2D eigenvalue weighted by Gasteiger charge is -2.18. The Balaban J connectivity index is 1.68. The van der Waals surface area contributed by atoms with E-state index in [0.717, 1.165) is 5.69 Å². The molecule has 1 aromatic heterocycles. The molecule has 1 aromatic carbocycles. The van der Waals surface area contributed by atoms with Crippen molar-refractivity contribution in [2.45, 2.75) is 19.4 Å². The molecular formula is C18H18Cl2N2O3. The third-order valence-electron chi connectivity index (χ3n) is 4.38. The average Bonchev–Trinajstić information content (AvgIpc) is 3.03. The zero-order valence-electron chi connectivity index (χ0n) is 14.0. The number of rotatable bonds is 3. The topological polar surface area (TPSA) is 51.5 Å². The number of nitrogens with zero attached hydrogens (tertiary/aromatic N) is 2. The lowest BCUT2D eigenvalue weighted by atomic mass is 10.2. The minimum atomic E-state index is -0.141. The van der Waals surface area contributed by atoms with Crippen LogP contribution < -0.4 is 10.3 Å². The van der Waals surface area contributed by atoms with E-state index in [1.54, 1.807) is 34.7 Å². The first-order chi connectivity index (χ1) is 11.8. The van der Waals surface area contributed by atoms with Crippen molar-refractivity contribution in [2.75, 3.05) is 13.1 Å². The molecule has 0 saturated carbocycles. The molecule has 7 heteroatoms. The number of likely N-dealkylation sites (tertiary alicyclic amines) is 1. The molecule has 132 valence electrons. The van der Waals surface area contributed by atoms with E-state index in [-0.39, 0.29) is 17.6 Å². The number of carbonyl (C=O) groups is 1. The summed E-state index contributed by atoms with van der Waals surface area (Å²) in [5.74, 6) is 0.430. The van der Waals surface area contributed by atoms with Crippen LogP contribution in [0.3, 0.4) is 0 Å². The van der Waals surface area contributed by atoms with E-state index in [2.05, 4.69) is 0 Å². The van der Waals surface area contributed by atoms with E-state index in [9.17, 15) is 9.59 Å². The van der Waals surface area contributed by atoms with Gasteiger partial charge in [0.2, 0.25) is 0 Å². The molecule has 1 atom stereocenters. The number of aromatic nitrogens is 1. The maximum Gasteiger partial charge on any atom is 0.254 e. The van der Waals surface area contributed by atoms with Gasteiger partial charge in [0.15, 0.2) is 0 Å². The number of halogens is 2. The third-order valence-corrected chi connectivity index (χ3v) is 5.12. The Morgan fingerprint density at radius 1 is 1.20 bits per heavy atom. The first kappa shape index (κ1) is 17.8. The minimum absolute atomic E-state index is 0.107. The van der Waals surface area contributed by atoms with Gasteiger partial charge in [-0.05, 0) is 31.2 Å². The average molecular weight is 381 g/mol. The largest absolute Gasteiger partial charge is 0.488 e. The Kier molecular flexibility index (Phi) is 5.06. The Hall–Kier alpha value is -1.98. The molecule has 1 saturated heterocycles. The van der Waals surface area contributed by atoms with Crippen molar-refractivity contribution in [2.24, 2.45) is 7.05 Å². The van der Waals surface area contributed by atoms with Crippen molar-refractivity contribution in [3.8, 4) is 5.75 Å². The first-order valence-corrected chi connectivity index (χ1v) is 8.69. The van der Waals surface area contributed by atoms with Crippen LogP contribution >= 0.6 is 23.2 Å². The van der Waals surface area contributed by atoms with Crippen LogP contribution in [0, 0.1) is 6.92 Å². The van der Waals surface area contributed by atoms with E-state index in [1.807, 2.05) is 13.0 Å². The summed E-state index contributed by atoms with van der Waals surface area (Å²) in [4.78, 5) is 26.1. The van der Waals surface area contributed by atoms with Crippen LogP contribution in [0.2, 0.25) is 10.0 Å². The Morgan fingerprint density at radius 3 is 2.64 bits per heavy atom. The second-order valence-electron chi connectivity index (χ2n) is 6.14. The molecule has 0 spiro atoms. The zero-order chi connectivity index (χ0) is 18.1. The highest BCUT2D eigenvalue weighted by atomic mass is 35.5. The summed E-state index contributed by atoms with van der Waals surface area (Å²) in [5.41, 5.74) is 1.21. The summed E-state index contributed by atoms with van der Waals surface area (Å²) in [6.07, 6.45) is 0.569. The van der Waals surface area contributed by atoms with E-state index < -0.39 is 0 Å². The highest BCUT2D eigenvalue weighted by Gasteiger charge is 2.28. The van der Waals surface area contributed by atoms with Crippen molar-refractivity contribution in [1.82, 2.24) is 9.47 Å². The summed E-state index contributed by atoms with van der Waals surface area (Å²) < 4.78 is 7.45. The van der Waals surface area contributed by atoms with E-state index in [0.29, 0.717) is 40.9 Å². The molecule has 0 N–H and O–H groups in total. The number of hydrogen-bond acceptors (Lipinski definition) is 3. The highest BCUT2D eigenvalue weighted by Crippen LogP contribution is 2.25. The van der Waals surface area contributed by atoms with Gasteiger partial charge >= 0.3 is 0 Å². The smallest absolute Gasteiger partial charge is 0.254 e. The molecule has 1 aliphatic heterocycles. The normalized spacial score (nSPS) is 17.0. The van der Waals surface area contributed by atoms with Crippen molar-refractivity contribution >= 4 is 29.1 Å². The first-order valence-electron chi connectivity index (χ1n) is 7.94.